The molecule has 0 unspecified atom stereocenters. The van der Waals surface area contributed by atoms with Crippen LogP contribution in [0.15, 0.2) is 12.4 Å². The molecule has 0 amide bonds. The second kappa shape index (κ2) is 6.53. The van der Waals surface area contributed by atoms with Gasteiger partial charge >= 0.3 is 0 Å². The summed E-state index contributed by atoms with van der Waals surface area (Å²) >= 11 is 0. The smallest absolute Gasteiger partial charge is 0.157 e. The van der Waals surface area contributed by atoms with Crippen molar-refractivity contribution in [2.45, 2.75) is 33.7 Å². The van der Waals surface area contributed by atoms with E-state index in [-0.39, 0.29) is 0 Å². The molecule has 4 nitrogen and oxygen atoms in total. The van der Waals surface area contributed by atoms with Gasteiger partial charge in [0.2, 0.25) is 0 Å². The van der Waals surface area contributed by atoms with Crippen LogP contribution in [0.3, 0.4) is 0 Å². The molecule has 0 aliphatic carbocycles. The molecule has 92 valence electrons. The minimum atomic E-state index is 0.370. The Morgan fingerprint density at radius 2 is 2.00 bits per heavy atom. The monoisotopic (exact) mass is 226 g/mol. The molecule has 0 atom stereocenters. The van der Waals surface area contributed by atoms with Gasteiger partial charge in [-0.15, -0.1) is 0 Å². The number of hydrogen-bond acceptors (Lipinski definition) is 3. The van der Waals surface area contributed by atoms with Gasteiger partial charge in [-0.2, -0.15) is 5.10 Å². The Morgan fingerprint density at radius 1 is 1.25 bits per heavy atom. The Bertz CT molecular complexity index is 295. The predicted molar refractivity (Wildman–Crippen MR) is 63.8 cm³/mol. The zero-order chi connectivity index (χ0) is 12.0. The first-order chi connectivity index (χ1) is 7.59. The maximum atomic E-state index is 5.51. The topological polar surface area (TPSA) is 36.3 Å². The molecule has 1 rings (SSSR count). The van der Waals surface area contributed by atoms with Gasteiger partial charge in [0.1, 0.15) is 6.61 Å². The van der Waals surface area contributed by atoms with Crippen molar-refractivity contribution in [3.63, 3.8) is 0 Å². The molecule has 1 heterocycles. The summed E-state index contributed by atoms with van der Waals surface area (Å²) in [4.78, 5) is 0. The Labute approximate surface area is 97.6 Å². The minimum absolute atomic E-state index is 0.370. The Morgan fingerprint density at radius 3 is 2.56 bits per heavy atom. The molecular formula is C12H22N2O2. The quantitative estimate of drug-likeness (QED) is 0.670. The molecule has 0 saturated heterocycles. The van der Waals surface area contributed by atoms with Crippen LogP contribution in [-0.4, -0.2) is 29.6 Å². The molecule has 0 spiro atoms. The lowest BCUT2D eigenvalue weighted by atomic mass is 10.2. The third-order valence-electron chi connectivity index (χ3n) is 2.05. The van der Waals surface area contributed by atoms with Gasteiger partial charge in [0.25, 0.3) is 0 Å². The van der Waals surface area contributed by atoms with E-state index in [0.29, 0.717) is 25.2 Å². The predicted octanol–water partition coefficient (Wildman–Crippen LogP) is 2.52. The largest absolute Gasteiger partial charge is 0.488 e. The van der Waals surface area contributed by atoms with E-state index in [1.807, 2.05) is 10.9 Å². The SMILES string of the molecule is CC(C)COCCOc1cnn(C(C)C)c1. The summed E-state index contributed by atoms with van der Waals surface area (Å²) in [5.41, 5.74) is 0. The maximum absolute atomic E-state index is 5.51. The molecule has 4 heteroatoms. The number of aromatic nitrogens is 2. The van der Waals surface area contributed by atoms with Crippen LogP contribution in [0.5, 0.6) is 5.75 Å². The van der Waals surface area contributed by atoms with Crippen LogP contribution < -0.4 is 4.74 Å². The van der Waals surface area contributed by atoms with Crippen molar-refractivity contribution < 1.29 is 9.47 Å². The number of hydrogen-bond donors (Lipinski definition) is 0. The van der Waals surface area contributed by atoms with Crippen LogP contribution in [0, 0.1) is 5.92 Å². The van der Waals surface area contributed by atoms with Crippen molar-refractivity contribution in [2.75, 3.05) is 19.8 Å². The van der Waals surface area contributed by atoms with Gasteiger partial charge in [-0.25, -0.2) is 0 Å². The lowest BCUT2D eigenvalue weighted by molar-refractivity contribution is 0.0818. The first-order valence-corrected chi connectivity index (χ1v) is 5.84. The summed E-state index contributed by atoms with van der Waals surface area (Å²) in [6.45, 7) is 10.4. The van der Waals surface area contributed by atoms with E-state index in [1.54, 1.807) is 6.20 Å². The molecule has 0 bridgehead atoms. The second-order valence-corrected chi connectivity index (χ2v) is 4.57. The summed E-state index contributed by atoms with van der Waals surface area (Å²) in [6, 6.07) is 0.370. The fraction of sp³-hybridized carbons (Fsp3) is 0.750. The van der Waals surface area contributed by atoms with E-state index >= 15 is 0 Å². The zero-order valence-electron chi connectivity index (χ0n) is 10.6. The number of nitrogens with zero attached hydrogens (tertiary/aromatic N) is 2. The third kappa shape index (κ3) is 4.66. The van der Waals surface area contributed by atoms with Crippen molar-refractivity contribution >= 4 is 0 Å². The fourth-order valence-corrected chi connectivity index (χ4v) is 1.22. The van der Waals surface area contributed by atoms with Crippen LogP contribution in [-0.2, 0) is 4.74 Å². The molecule has 1 aromatic rings. The van der Waals surface area contributed by atoms with E-state index in [1.165, 1.54) is 0 Å². The highest BCUT2D eigenvalue weighted by Crippen LogP contribution is 2.11. The van der Waals surface area contributed by atoms with Gasteiger partial charge in [0.05, 0.1) is 19.0 Å². The Kier molecular flexibility index (Phi) is 5.32. The van der Waals surface area contributed by atoms with E-state index in [9.17, 15) is 0 Å². The van der Waals surface area contributed by atoms with Crippen LogP contribution in [0.4, 0.5) is 0 Å². The second-order valence-electron chi connectivity index (χ2n) is 4.57. The van der Waals surface area contributed by atoms with Crippen LogP contribution in [0.2, 0.25) is 0 Å². The Hall–Kier alpha value is -1.03. The van der Waals surface area contributed by atoms with E-state index in [0.717, 1.165) is 12.4 Å². The summed E-state index contributed by atoms with van der Waals surface area (Å²) in [5.74, 6) is 1.38. The van der Waals surface area contributed by atoms with Crippen molar-refractivity contribution in [1.29, 1.82) is 0 Å². The van der Waals surface area contributed by atoms with Gasteiger partial charge in [-0.05, 0) is 19.8 Å². The van der Waals surface area contributed by atoms with Crippen molar-refractivity contribution in [1.82, 2.24) is 9.78 Å². The van der Waals surface area contributed by atoms with Crippen LogP contribution >= 0.6 is 0 Å². The highest BCUT2D eigenvalue weighted by atomic mass is 16.5. The molecule has 0 aliphatic heterocycles. The zero-order valence-corrected chi connectivity index (χ0v) is 10.6. The first-order valence-electron chi connectivity index (χ1n) is 5.84. The van der Waals surface area contributed by atoms with Crippen molar-refractivity contribution in [3.8, 4) is 5.75 Å². The van der Waals surface area contributed by atoms with Gasteiger partial charge in [0, 0.05) is 12.6 Å². The normalized spacial score (nSPS) is 11.4. The lowest BCUT2D eigenvalue weighted by Gasteiger charge is -2.07. The van der Waals surface area contributed by atoms with Crippen LogP contribution in [0.1, 0.15) is 33.7 Å². The van der Waals surface area contributed by atoms with E-state index in [4.69, 9.17) is 9.47 Å². The van der Waals surface area contributed by atoms with E-state index < -0.39 is 0 Å². The average Bonchev–Trinajstić information content (AvgIpc) is 2.65. The molecule has 0 radical (unpaired) electrons. The minimum Gasteiger partial charge on any atom is -0.488 e. The number of rotatable bonds is 7. The van der Waals surface area contributed by atoms with E-state index in [2.05, 4.69) is 32.8 Å². The van der Waals surface area contributed by atoms with Gasteiger partial charge in [0.15, 0.2) is 5.75 Å². The average molecular weight is 226 g/mol. The third-order valence-corrected chi connectivity index (χ3v) is 2.05. The fourth-order valence-electron chi connectivity index (χ4n) is 1.22. The van der Waals surface area contributed by atoms with Gasteiger partial charge < -0.3 is 9.47 Å². The van der Waals surface area contributed by atoms with Crippen LogP contribution in [0.25, 0.3) is 0 Å². The van der Waals surface area contributed by atoms with Gasteiger partial charge in [-0.1, -0.05) is 13.8 Å². The molecule has 0 N–H and O–H groups in total. The maximum Gasteiger partial charge on any atom is 0.157 e. The standard InChI is InChI=1S/C12H22N2O2/c1-10(2)9-15-5-6-16-12-7-13-14(8-12)11(3)4/h7-8,10-11H,5-6,9H2,1-4H3. The van der Waals surface area contributed by atoms with Crippen molar-refractivity contribution in [3.05, 3.63) is 12.4 Å². The highest BCUT2D eigenvalue weighted by molar-refractivity contribution is 5.11. The molecule has 0 saturated carbocycles. The summed E-state index contributed by atoms with van der Waals surface area (Å²) in [5, 5.41) is 4.19. The molecule has 0 fully saturated rings. The van der Waals surface area contributed by atoms with Crippen molar-refractivity contribution in [2.24, 2.45) is 5.92 Å². The first kappa shape index (κ1) is 13.0. The summed E-state index contributed by atoms with van der Waals surface area (Å²) in [6.07, 6.45) is 3.65. The highest BCUT2D eigenvalue weighted by Gasteiger charge is 2.02. The summed E-state index contributed by atoms with van der Waals surface area (Å²) < 4.78 is 12.8. The summed E-state index contributed by atoms with van der Waals surface area (Å²) in [7, 11) is 0. The molecule has 0 aromatic carbocycles. The number of ether oxygens (including phenoxy) is 2. The molecule has 16 heavy (non-hydrogen) atoms. The molecular weight excluding hydrogens is 204 g/mol. The Balaban J connectivity index is 2.17. The van der Waals surface area contributed by atoms with Gasteiger partial charge in [-0.3, -0.25) is 4.68 Å². The molecule has 0 aliphatic rings. The lowest BCUT2D eigenvalue weighted by Crippen LogP contribution is -2.10. The molecule has 1 aromatic heterocycles.